The molecule has 256 valence electrons. The molecule has 0 saturated carbocycles. The Morgan fingerprint density at radius 3 is 1.94 bits per heavy atom. The number of hydrogen-bond acceptors (Lipinski definition) is 2. The van der Waals surface area contributed by atoms with Crippen molar-refractivity contribution in [2.75, 3.05) is 5.32 Å². The molecule has 1 unspecified atom stereocenters. The number of nitrogens with one attached hydrogen (secondary N) is 1. The zero-order valence-corrected chi connectivity index (χ0v) is 31.6. The van der Waals surface area contributed by atoms with Crippen LogP contribution in [0.15, 0.2) is 108 Å². The van der Waals surface area contributed by atoms with Gasteiger partial charge in [-0.2, -0.15) is 0 Å². The van der Waals surface area contributed by atoms with E-state index >= 15 is 0 Å². The lowest BCUT2D eigenvalue weighted by atomic mass is 9.75. The van der Waals surface area contributed by atoms with Crippen LogP contribution in [0.5, 0.6) is 0 Å². The van der Waals surface area contributed by atoms with Gasteiger partial charge in [0.2, 0.25) is 0 Å². The summed E-state index contributed by atoms with van der Waals surface area (Å²) in [6, 6.07) is 38.8. The zero-order chi connectivity index (χ0) is 35.7. The van der Waals surface area contributed by atoms with E-state index in [2.05, 4.69) is 165 Å². The molecule has 0 radical (unpaired) electrons. The smallest absolute Gasteiger partial charge is 0.158 e. The normalized spacial score (nSPS) is 16.6. The number of fused-ring (bicyclic) bond motifs is 11. The topological polar surface area (TPSA) is 25.2 Å². The Morgan fingerprint density at radius 1 is 0.569 bits per heavy atom. The van der Waals surface area contributed by atoms with Gasteiger partial charge in [0.15, 0.2) is 5.58 Å². The van der Waals surface area contributed by atoms with Crippen molar-refractivity contribution in [1.82, 2.24) is 0 Å². The largest absolute Gasteiger partial charge is 0.454 e. The first-order valence-electron chi connectivity index (χ1n) is 18.9. The van der Waals surface area contributed by atoms with Crippen LogP contribution in [-0.2, 0) is 21.8 Å². The molecule has 51 heavy (non-hydrogen) atoms. The van der Waals surface area contributed by atoms with Gasteiger partial charge >= 0.3 is 0 Å². The first-order chi connectivity index (χ1) is 24.3. The van der Waals surface area contributed by atoms with Crippen LogP contribution in [0.25, 0.3) is 55.0 Å². The number of benzene rings is 6. The summed E-state index contributed by atoms with van der Waals surface area (Å²) in [5.74, 6) is 0. The molecule has 2 aliphatic carbocycles. The summed E-state index contributed by atoms with van der Waals surface area (Å²) < 4.78 is 6.43. The van der Waals surface area contributed by atoms with Crippen LogP contribution in [0.2, 0.25) is 0 Å². The Balaban J connectivity index is 1.16. The molecule has 1 N–H and O–H groups in total. The summed E-state index contributed by atoms with van der Waals surface area (Å²) in [6.07, 6.45) is 2.03. The Labute approximate surface area is 302 Å². The first kappa shape index (κ1) is 32.1. The fourth-order valence-corrected chi connectivity index (χ4v) is 9.41. The van der Waals surface area contributed by atoms with Gasteiger partial charge in [0.25, 0.3) is 0 Å². The van der Waals surface area contributed by atoms with E-state index in [0.29, 0.717) is 0 Å². The number of hydrogen-bond donors (Lipinski definition) is 1. The summed E-state index contributed by atoms with van der Waals surface area (Å²) in [6.45, 7) is 21.4. The van der Waals surface area contributed by atoms with Crippen molar-refractivity contribution < 1.29 is 4.42 Å². The van der Waals surface area contributed by atoms with Crippen LogP contribution in [-0.4, -0.2) is 0 Å². The second-order valence-electron chi connectivity index (χ2n) is 17.2. The minimum atomic E-state index is -0.293. The molecule has 0 amide bonds. The van der Waals surface area contributed by atoms with E-state index in [1.54, 1.807) is 0 Å². The van der Waals surface area contributed by atoms with Gasteiger partial charge in [0.1, 0.15) is 5.58 Å². The number of rotatable bonds is 6. The number of anilines is 1. The van der Waals surface area contributed by atoms with Crippen LogP contribution in [0.1, 0.15) is 109 Å². The number of para-hydroxylation sites is 2. The lowest BCUT2D eigenvalue weighted by molar-refractivity contribution is 0.509. The third-order valence-corrected chi connectivity index (χ3v) is 13.2. The van der Waals surface area contributed by atoms with Gasteiger partial charge in [-0.25, -0.2) is 0 Å². The van der Waals surface area contributed by atoms with Crippen molar-refractivity contribution in [3.63, 3.8) is 0 Å². The van der Waals surface area contributed by atoms with E-state index in [1.807, 2.05) is 6.07 Å². The molecule has 2 nitrogen and oxygen atoms in total. The molecule has 0 spiro atoms. The van der Waals surface area contributed by atoms with Crippen molar-refractivity contribution in [3.8, 4) is 22.3 Å². The summed E-state index contributed by atoms with van der Waals surface area (Å²) >= 11 is 0. The summed E-state index contributed by atoms with van der Waals surface area (Å²) in [7, 11) is 0. The molecular formula is C49H49NO. The Hall–Kier alpha value is -4.82. The minimum absolute atomic E-state index is 0.0975. The zero-order valence-electron chi connectivity index (χ0n) is 31.6. The van der Waals surface area contributed by atoms with Crippen LogP contribution < -0.4 is 5.32 Å². The average Bonchev–Trinajstić information content (AvgIpc) is 3.70. The van der Waals surface area contributed by atoms with Crippen molar-refractivity contribution in [3.05, 3.63) is 137 Å². The summed E-state index contributed by atoms with van der Waals surface area (Å²) in [4.78, 5) is 0. The summed E-state index contributed by atoms with van der Waals surface area (Å²) in [5.41, 5.74) is 16.5. The maximum atomic E-state index is 6.43. The molecule has 2 heteroatoms. The molecule has 1 heterocycles. The van der Waals surface area contributed by atoms with Gasteiger partial charge in [0.05, 0.1) is 11.2 Å². The van der Waals surface area contributed by atoms with Gasteiger partial charge in [-0.1, -0.05) is 134 Å². The van der Waals surface area contributed by atoms with Gasteiger partial charge in [0, 0.05) is 21.6 Å². The van der Waals surface area contributed by atoms with Crippen molar-refractivity contribution in [1.29, 1.82) is 0 Å². The lowest BCUT2D eigenvalue weighted by Gasteiger charge is -2.33. The van der Waals surface area contributed by atoms with E-state index in [9.17, 15) is 0 Å². The van der Waals surface area contributed by atoms with E-state index in [-0.39, 0.29) is 21.8 Å². The van der Waals surface area contributed by atoms with Crippen LogP contribution in [0.3, 0.4) is 0 Å². The second-order valence-corrected chi connectivity index (χ2v) is 17.2. The van der Waals surface area contributed by atoms with Crippen molar-refractivity contribution in [2.45, 2.75) is 96.9 Å². The molecular weight excluding hydrogens is 619 g/mol. The van der Waals surface area contributed by atoms with Crippen LogP contribution in [0.4, 0.5) is 5.69 Å². The lowest BCUT2D eigenvalue weighted by Crippen LogP contribution is -2.31. The molecule has 0 saturated heterocycles. The fourth-order valence-electron chi connectivity index (χ4n) is 9.41. The SMILES string of the molecule is CCC(C)(C)c1cc2c(c3ccccc13)-c1cc3c(cc1C2(C)C)-c1ccc(C(C)(CC)Nc2cccc4c2oc2ccccc24)cc1C3(C)C. The van der Waals surface area contributed by atoms with E-state index in [4.69, 9.17) is 4.42 Å². The summed E-state index contributed by atoms with van der Waals surface area (Å²) in [5, 5.41) is 9.05. The van der Waals surface area contributed by atoms with Gasteiger partial charge in [-0.3, -0.25) is 0 Å². The first-order valence-corrected chi connectivity index (χ1v) is 18.9. The second kappa shape index (κ2) is 10.6. The molecule has 6 aromatic carbocycles. The molecule has 2 aliphatic rings. The Morgan fingerprint density at radius 2 is 1.20 bits per heavy atom. The van der Waals surface area contributed by atoms with Gasteiger partial charge in [-0.15, -0.1) is 0 Å². The average molecular weight is 668 g/mol. The van der Waals surface area contributed by atoms with E-state index in [0.717, 1.165) is 40.5 Å². The van der Waals surface area contributed by atoms with Crippen LogP contribution in [0, 0.1) is 0 Å². The fraction of sp³-hybridized carbons (Fsp3) is 0.306. The Kier molecular flexibility index (Phi) is 6.68. The van der Waals surface area contributed by atoms with Gasteiger partial charge in [-0.05, 0) is 116 Å². The minimum Gasteiger partial charge on any atom is -0.454 e. The standard InChI is InChI=1S/C49H49NO/c1-10-46(3,4)37-28-41-44(33-19-13-12-17-30(33)37)36-27-39-35(26-40(36)48(41,7)8)31-24-23-29(25-38(31)47(39,5)6)49(9,11-2)50-42-21-16-20-34-32-18-14-15-22-43(32)51-45(34)42/h12-28,50H,10-11H2,1-9H3. The molecule has 1 atom stereocenters. The van der Waals surface area contributed by atoms with E-state index < -0.39 is 0 Å². The quantitative estimate of drug-likeness (QED) is 0.191. The maximum Gasteiger partial charge on any atom is 0.158 e. The molecule has 0 bridgehead atoms. The molecule has 9 rings (SSSR count). The highest BCUT2D eigenvalue weighted by Gasteiger charge is 2.43. The highest BCUT2D eigenvalue weighted by atomic mass is 16.3. The van der Waals surface area contributed by atoms with Gasteiger partial charge < -0.3 is 9.73 Å². The monoisotopic (exact) mass is 667 g/mol. The molecule has 0 aliphatic heterocycles. The highest BCUT2D eigenvalue weighted by Crippen LogP contribution is 2.58. The predicted octanol–water partition coefficient (Wildman–Crippen LogP) is 13.8. The molecule has 7 aromatic rings. The third kappa shape index (κ3) is 4.35. The third-order valence-electron chi connectivity index (χ3n) is 13.2. The predicted molar refractivity (Wildman–Crippen MR) is 217 cm³/mol. The van der Waals surface area contributed by atoms with E-state index in [1.165, 1.54) is 66.4 Å². The molecule has 0 fully saturated rings. The van der Waals surface area contributed by atoms with Crippen molar-refractivity contribution >= 4 is 38.4 Å². The number of furan rings is 1. The maximum absolute atomic E-state index is 6.43. The van der Waals surface area contributed by atoms with Crippen LogP contribution >= 0.6 is 0 Å². The molecule has 1 aromatic heterocycles. The highest BCUT2D eigenvalue weighted by molar-refractivity contribution is 6.09. The van der Waals surface area contributed by atoms with Crippen molar-refractivity contribution in [2.24, 2.45) is 0 Å². The Bertz CT molecular complexity index is 2580.